The van der Waals surface area contributed by atoms with Crippen molar-refractivity contribution in [2.75, 3.05) is 0 Å². The van der Waals surface area contributed by atoms with Crippen molar-refractivity contribution in [2.45, 2.75) is 50.6 Å². The van der Waals surface area contributed by atoms with Crippen LogP contribution in [0.5, 0.6) is 0 Å². The van der Waals surface area contributed by atoms with Gasteiger partial charge in [-0.15, -0.1) is 0 Å². The number of allylic oxidation sites excluding steroid dienone is 7. The molecule has 0 radical (unpaired) electrons. The molecule has 0 saturated carbocycles. The fraction of sp³-hybridized carbons (Fsp3) is 0.190. The third-order valence-electron chi connectivity index (χ3n) is 9.78. The van der Waals surface area contributed by atoms with Gasteiger partial charge in [0.2, 0.25) is 0 Å². The van der Waals surface area contributed by atoms with Crippen molar-refractivity contribution >= 4 is 17.2 Å². The molecule has 1 heterocycles. The van der Waals surface area contributed by atoms with E-state index in [1.54, 1.807) is 0 Å². The quantitative estimate of drug-likeness (QED) is 0.249. The summed E-state index contributed by atoms with van der Waals surface area (Å²) in [5.74, 6) is 2.12. The molecule has 0 spiro atoms. The van der Waals surface area contributed by atoms with Crippen molar-refractivity contribution in [3.8, 4) is 11.1 Å². The summed E-state index contributed by atoms with van der Waals surface area (Å²) in [6.45, 7) is 4.72. The molecular formula is C42H37N3. The van der Waals surface area contributed by atoms with Gasteiger partial charge in [-0.1, -0.05) is 141 Å². The maximum Gasteiger partial charge on any atom is 0.169 e. The first-order valence-corrected chi connectivity index (χ1v) is 16.1. The van der Waals surface area contributed by atoms with Crippen LogP contribution in [-0.2, 0) is 5.41 Å². The van der Waals surface area contributed by atoms with Crippen LogP contribution in [0.4, 0.5) is 0 Å². The van der Waals surface area contributed by atoms with E-state index in [-0.39, 0.29) is 11.6 Å². The molecule has 1 aliphatic heterocycles. The number of fused-ring (bicyclic) bond motifs is 3. The molecule has 3 heteroatoms. The van der Waals surface area contributed by atoms with E-state index in [2.05, 4.69) is 147 Å². The average Bonchev–Trinajstić information content (AvgIpc) is 3.34. The Morgan fingerprint density at radius 3 is 2.31 bits per heavy atom. The first-order chi connectivity index (χ1) is 22.0. The molecule has 1 N–H and O–H groups in total. The summed E-state index contributed by atoms with van der Waals surface area (Å²) in [4.78, 5) is 10.2. The molecule has 3 aliphatic carbocycles. The lowest BCUT2D eigenvalue weighted by Crippen LogP contribution is -2.36. The molecule has 4 aliphatic rings. The zero-order chi connectivity index (χ0) is 30.4. The van der Waals surface area contributed by atoms with Gasteiger partial charge in [0.15, 0.2) is 6.17 Å². The molecular weight excluding hydrogens is 546 g/mol. The van der Waals surface area contributed by atoms with E-state index in [1.807, 2.05) is 6.07 Å². The molecule has 0 bridgehead atoms. The largest absolute Gasteiger partial charge is 0.325 e. The molecule has 220 valence electrons. The maximum atomic E-state index is 5.12. The second kappa shape index (κ2) is 11.2. The number of rotatable bonds is 5. The molecule has 0 fully saturated rings. The van der Waals surface area contributed by atoms with Crippen LogP contribution in [0.3, 0.4) is 0 Å². The molecule has 0 aromatic heterocycles. The number of benzene rings is 4. The highest BCUT2D eigenvalue weighted by Gasteiger charge is 2.35. The minimum atomic E-state index is -0.274. The summed E-state index contributed by atoms with van der Waals surface area (Å²) in [6.07, 6.45) is 16.1. The molecule has 4 aromatic carbocycles. The Kier molecular flexibility index (Phi) is 6.83. The van der Waals surface area contributed by atoms with Gasteiger partial charge in [-0.2, -0.15) is 0 Å². The molecule has 2 unspecified atom stereocenters. The smallest absolute Gasteiger partial charge is 0.169 e. The van der Waals surface area contributed by atoms with Crippen LogP contribution in [0.15, 0.2) is 149 Å². The van der Waals surface area contributed by atoms with Crippen molar-refractivity contribution in [1.29, 1.82) is 0 Å². The van der Waals surface area contributed by atoms with Crippen LogP contribution in [0.1, 0.15) is 78.6 Å². The minimum Gasteiger partial charge on any atom is -0.325 e. The Bertz CT molecular complexity index is 1980. The van der Waals surface area contributed by atoms with Gasteiger partial charge in [-0.25, -0.2) is 9.98 Å². The van der Waals surface area contributed by atoms with E-state index in [1.165, 1.54) is 44.5 Å². The molecule has 0 amide bonds. The minimum absolute atomic E-state index is 0.00472. The van der Waals surface area contributed by atoms with Crippen LogP contribution in [0.25, 0.3) is 16.7 Å². The molecule has 4 aromatic rings. The number of aliphatic imine (C=N–C) groups is 2. The van der Waals surface area contributed by atoms with E-state index < -0.39 is 0 Å². The third kappa shape index (κ3) is 5.03. The summed E-state index contributed by atoms with van der Waals surface area (Å²) in [5, 5.41) is 3.61. The lowest BCUT2D eigenvalue weighted by Gasteiger charge is -2.25. The standard InChI is InChI=1S/C42H37N3/c1-42(2)37-22-10-9-21-35(37)36-24-23-33(27-38(36)42)31-18-11-17-30(25-31)32-19-12-20-34(26-32)41-44-39(28-13-5-3-6-14-28)43-40(45-41)29-15-7-4-8-16-29/h3-7,9-15,17-24,26-27,31,39H,8,16,25H2,1-2H3,(H,43,44,45). The highest BCUT2D eigenvalue weighted by atomic mass is 15.2. The Morgan fingerprint density at radius 1 is 0.667 bits per heavy atom. The van der Waals surface area contributed by atoms with E-state index >= 15 is 0 Å². The van der Waals surface area contributed by atoms with Gasteiger partial charge >= 0.3 is 0 Å². The summed E-state index contributed by atoms with van der Waals surface area (Å²) >= 11 is 0. The van der Waals surface area contributed by atoms with Crippen molar-refractivity contribution in [2.24, 2.45) is 9.98 Å². The number of hydrogen-bond acceptors (Lipinski definition) is 3. The summed E-state index contributed by atoms with van der Waals surface area (Å²) < 4.78 is 0. The summed E-state index contributed by atoms with van der Waals surface area (Å²) in [6, 6.07) is 35.2. The van der Waals surface area contributed by atoms with Crippen LogP contribution in [-0.4, -0.2) is 11.7 Å². The van der Waals surface area contributed by atoms with Gasteiger partial charge in [0.25, 0.3) is 0 Å². The van der Waals surface area contributed by atoms with Gasteiger partial charge < -0.3 is 5.32 Å². The highest BCUT2D eigenvalue weighted by molar-refractivity contribution is 6.16. The van der Waals surface area contributed by atoms with Crippen molar-refractivity contribution in [3.05, 3.63) is 172 Å². The zero-order valence-electron chi connectivity index (χ0n) is 25.9. The van der Waals surface area contributed by atoms with E-state index in [0.29, 0.717) is 5.92 Å². The molecule has 8 rings (SSSR count). The predicted octanol–water partition coefficient (Wildman–Crippen LogP) is 9.84. The number of amidine groups is 2. The zero-order valence-corrected chi connectivity index (χ0v) is 25.9. The number of nitrogens with one attached hydrogen (secondary N) is 1. The molecule has 45 heavy (non-hydrogen) atoms. The predicted molar refractivity (Wildman–Crippen MR) is 188 cm³/mol. The van der Waals surface area contributed by atoms with Crippen molar-refractivity contribution < 1.29 is 0 Å². The normalized spacial score (nSPS) is 21.1. The van der Waals surface area contributed by atoms with Gasteiger partial charge in [0.1, 0.15) is 11.7 Å². The number of nitrogens with zero attached hydrogens (tertiary/aromatic N) is 2. The fourth-order valence-electron chi connectivity index (χ4n) is 7.27. The van der Waals surface area contributed by atoms with Gasteiger partial charge in [0, 0.05) is 16.9 Å². The SMILES string of the molecule is CC1(C)c2ccccc2-c2ccc(C3C=CC=C(c4cccc(C5=NC(c6ccccc6)N=C(C6=CC=CCC6)N5)c4)C3)cc21. The monoisotopic (exact) mass is 583 g/mol. The summed E-state index contributed by atoms with van der Waals surface area (Å²) in [5.41, 5.74) is 13.0. The molecule has 0 saturated heterocycles. The topological polar surface area (TPSA) is 36.8 Å². The Hall–Kier alpha value is -5.02. The van der Waals surface area contributed by atoms with Crippen LogP contribution in [0.2, 0.25) is 0 Å². The first kappa shape index (κ1) is 27.5. The Balaban J connectivity index is 1.08. The average molecular weight is 584 g/mol. The van der Waals surface area contributed by atoms with E-state index in [0.717, 1.165) is 42.1 Å². The first-order valence-electron chi connectivity index (χ1n) is 16.1. The second-order valence-corrected chi connectivity index (χ2v) is 13.0. The number of hydrogen-bond donors (Lipinski definition) is 1. The van der Waals surface area contributed by atoms with Crippen LogP contribution in [0, 0.1) is 0 Å². The van der Waals surface area contributed by atoms with Gasteiger partial charge in [-0.05, 0) is 75.4 Å². The highest BCUT2D eigenvalue weighted by Crippen LogP contribution is 2.49. The molecule has 2 atom stereocenters. The van der Waals surface area contributed by atoms with Crippen LogP contribution >= 0.6 is 0 Å². The Morgan fingerprint density at radius 2 is 1.44 bits per heavy atom. The van der Waals surface area contributed by atoms with Gasteiger partial charge in [-0.3, -0.25) is 0 Å². The maximum absolute atomic E-state index is 5.12. The summed E-state index contributed by atoms with van der Waals surface area (Å²) in [7, 11) is 0. The van der Waals surface area contributed by atoms with E-state index in [9.17, 15) is 0 Å². The molecule has 3 nitrogen and oxygen atoms in total. The van der Waals surface area contributed by atoms with Crippen molar-refractivity contribution in [1.82, 2.24) is 5.32 Å². The lowest BCUT2D eigenvalue weighted by atomic mass is 9.79. The second-order valence-electron chi connectivity index (χ2n) is 13.0. The van der Waals surface area contributed by atoms with E-state index in [4.69, 9.17) is 9.98 Å². The van der Waals surface area contributed by atoms with Gasteiger partial charge in [0.05, 0.1) is 0 Å². The van der Waals surface area contributed by atoms with Crippen molar-refractivity contribution in [3.63, 3.8) is 0 Å². The fourth-order valence-corrected chi connectivity index (χ4v) is 7.27. The third-order valence-corrected chi connectivity index (χ3v) is 9.78. The van der Waals surface area contributed by atoms with Crippen LogP contribution < -0.4 is 5.32 Å². The lowest BCUT2D eigenvalue weighted by molar-refractivity contribution is 0.658. The Labute approximate surface area is 266 Å².